The molecule has 3 amide bonds. The van der Waals surface area contributed by atoms with E-state index in [0.29, 0.717) is 37.9 Å². The van der Waals surface area contributed by atoms with Gasteiger partial charge in [0.25, 0.3) is 0 Å². The van der Waals surface area contributed by atoms with Gasteiger partial charge in [-0.2, -0.15) is 0 Å². The fraction of sp³-hybridized carbons (Fsp3) is 0.792. The molecule has 0 radical (unpaired) electrons. The number of nitrogens with one attached hydrogen (secondary N) is 3. The van der Waals surface area contributed by atoms with E-state index < -0.39 is 30.1 Å². The summed E-state index contributed by atoms with van der Waals surface area (Å²) in [4.78, 5) is 51.6. The molecule has 0 bridgehead atoms. The minimum Gasteiger partial charge on any atom is -0.480 e. The van der Waals surface area contributed by atoms with Gasteiger partial charge in [0.05, 0.1) is 19.1 Å². The Labute approximate surface area is 205 Å². The Morgan fingerprint density at radius 1 is 0.886 bits per heavy atom. The number of nitrogens with zero attached hydrogens (tertiary/aromatic N) is 1. The van der Waals surface area contributed by atoms with Crippen molar-refractivity contribution in [3.8, 4) is 0 Å². The molecule has 4 N–H and O–H groups in total. The number of ether oxygens (including phenoxy) is 2. The van der Waals surface area contributed by atoms with E-state index >= 15 is 0 Å². The van der Waals surface area contributed by atoms with Crippen LogP contribution in [0.4, 0.5) is 9.59 Å². The Balaban J connectivity index is 1.47. The van der Waals surface area contributed by atoms with Gasteiger partial charge in [-0.05, 0) is 50.4 Å². The molecule has 1 heterocycles. The fourth-order valence-electron chi connectivity index (χ4n) is 4.92. The second-order valence-corrected chi connectivity index (χ2v) is 9.76. The minimum atomic E-state index is -1.07. The van der Waals surface area contributed by atoms with Crippen molar-refractivity contribution in [1.29, 1.82) is 0 Å². The van der Waals surface area contributed by atoms with Gasteiger partial charge in [-0.15, -0.1) is 0 Å². The first-order chi connectivity index (χ1) is 16.9. The van der Waals surface area contributed by atoms with Crippen LogP contribution in [0, 0.1) is 17.8 Å². The maximum absolute atomic E-state index is 12.3. The van der Waals surface area contributed by atoms with Gasteiger partial charge in [0, 0.05) is 6.54 Å². The van der Waals surface area contributed by atoms with Crippen LogP contribution in [-0.2, 0) is 19.1 Å². The van der Waals surface area contributed by atoms with E-state index in [1.54, 1.807) is 0 Å². The van der Waals surface area contributed by atoms with Gasteiger partial charge < -0.3 is 19.9 Å². The lowest BCUT2D eigenvalue weighted by molar-refractivity contribution is -0.153. The number of hydrogen-bond donors (Lipinski definition) is 4. The highest BCUT2D eigenvalue weighted by Crippen LogP contribution is 2.24. The van der Waals surface area contributed by atoms with Crippen molar-refractivity contribution in [1.82, 2.24) is 16.0 Å². The van der Waals surface area contributed by atoms with Crippen LogP contribution in [0.5, 0.6) is 0 Å². The summed E-state index contributed by atoms with van der Waals surface area (Å²) in [6.45, 7) is 0.814. The topological polar surface area (TPSA) is 155 Å². The molecule has 11 nitrogen and oxygen atoms in total. The molecule has 1 aliphatic heterocycles. The van der Waals surface area contributed by atoms with Crippen molar-refractivity contribution in [2.24, 2.45) is 22.7 Å². The van der Waals surface area contributed by atoms with E-state index in [0.717, 1.165) is 51.4 Å². The molecule has 3 fully saturated rings. The number of amides is 3. The summed E-state index contributed by atoms with van der Waals surface area (Å²) in [6.07, 6.45) is 10.4. The summed E-state index contributed by atoms with van der Waals surface area (Å²) in [5.41, 5.74) is 0. The molecular weight excluding hydrogens is 456 g/mol. The van der Waals surface area contributed by atoms with Crippen molar-refractivity contribution >= 4 is 30.0 Å². The lowest BCUT2D eigenvalue weighted by atomic mass is 9.86. The predicted octanol–water partition coefficient (Wildman–Crippen LogP) is 2.93. The zero-order chi connectivity index (χ0) is 25.0. The van der Waals surface area contributed by atoms with Gasteiger partial charge in [0.15, 0.2) is 0 Å². The standard InChI is InChI=1S/C24H38N4O7/c29-20-18(19(26-20)21(30)31)12-7-13-25-22(27-23(32)34-14-16-8-3-1-4-9-16)28-24(33)35-15-17-10-5-2-6-11-17/h16-19H,1-15H2,(H,26,29)(H,30,31)(H2,25,27,28,32,33)/t18-,19?/m1/s1. The van der Waals surface area contributed by atoms with E-state index in [1.165, 1.54) is 12.8 Å². The molecule has 1 unspecified atom stereocenters. The third-order valence-corrected chi connectivity index (χ3v) is 7.04. The molecule has 1 saturated heterocycles. The van der Waals surface area contributed by atoms with Crippen molar-refractivity contribution < 1.29 is 33.8 Å². The van der Waals surface area contributed by atoms with Crippen LogP contribution in [0.15, 0.2) is 4.99 Å². The number of rotatable bonds is 9. The Morgan fingerprint density at radius 2 is 1.40 bits per heavy atom. The lowest BCUT2D eigenvalue weighted by Gasteiger charge is -2.33. The van der Waals surface area contributed by atoms with E-state index in [1.807, 2.05) is 0 Å². The van der Waals surface area contributed by atoms with E-state index in [9.17, 15) is 19.2 Å². The van der Waals surface area contributed by atoms with Crippen LogP contribution in [0.25, 0.3) is 0 Å². The molecule has 35 heavy (non-hydrogen) atoms. The largest absolute Gasteiger partial charge is 0.480 e. The first-order valence-corrected chi connectivity index (χ1v) is 12.9. The van der Waals surface area contributed by atoms with Crippen LogP contribution in [-0.4, -0.2) is 60.9 Å². The lowest BCUT2D eigenvalue weighted by Crippen LogP contribution is -2.61. The van der Waals surface area contributed by atoms with Crippen LogP contribution >= 0.6 is 0 Å². The number of guanidine groups is 1. The highest BCUT2D eigenvalue weighted by atomic mass is 16.6. The Morgan fingerprint density at radius 3 is 1.86 bits per heavy atom. The number of carbonyl (C=O) groups excluding carboxylic acids is 3. The summed E-state index contributed by atoms with van der Waals surface area (Å²) in [6, 6.07) is -0.883. The number of carboxylic acid groups (broad SMARTS) is 1. The highest BCUT2D eigenvalue weighted by molar-refractivity contribution is 6.01. The molecule has 3 rings (SSSR count). The predicted molar refractivity (Wildman–Crippen MR) is 127 cm³/mol. The molecule has 0 aromatic rings. The molecule has 0 spiro atoms. The number of alkyl carbamates (subject to hydrolysis) is 2. The number of β-lactam (4-membered cyclic amide) rings is 1. The quantitative estimate of drug-likeness (QED) is 0.166. The second-order valence-electron chi connectivity index (χ2n) is 9.76. The van der Waals surface area contributed by atoms with E-state index in [4.69, 9.17) is 14.6 Å². The third kappa shape index (κ3) is 9.03. The molecule has 11 heteroatoms. The molecule has 0 aromatic heterocycles. The second kappa shape index (κ2) is 13.9. The van der Waals surface area contributed by atoms with Crippen LogP contribution in [0.1, 0.15) is 77.0 Å². The first-order valence-electron chi connectivity index (χ1n) is 12.9. The maximum atomic E-state index is 12.3. The fourth-order valence-corrected chi connectivity index (χ4v) is 4.92. The summed E-state index contributed by atoms with van der Waals surface area (Å²) in [5.74, 6) is -1.36. The van der Waals surface area contributed by atoms with Gasteiger partial charge in [-0.1, -0.05) is 38.5 Å². The first kappa shape index (κ1) is 26.7. The Bertz CT molecular complexity index is 738. The SMILES string of the molecule is O=C(NC(=NCCC[C@H]1C(=O)NC1C(=O)O)NC(=O)OCC1CCCCC1)OCC1CCCCC1. The molecule has 196 valence electrons. The normalized spacial score (nSPS) is 22.8. The number of carboxylic acids is 1. The summed E-state index contributed by atoms with van der Waals surface area (Å²) in [5, 5.41) is 16.4. The Kier molecular flexibility index (Phi) is 10.6. The van der Waals surface area contributed by atoms with Crippen molar-refractivity contribution in [2.75, 3.05) is 19.8 Å². The smallest absolute Gasteiger partial charge is 0.413 e. The van der Waals surface area contributed by atoms with Crippen molar-refractivity contribution in [2.45, 2.75) is 83.1 Å². The average molecular weight is 495 g/mol. The van der Waals surface area contributed by atoms with E-state index in [2.05, 4.69) is 20.9 Å². The summed E-state index contributed by atoms with van der Waals surface area (Å²) >= 11 is 0. The summed E-state index contributed by atoms with van der Waals surface area (Å²) in [7, 11) is 0. The molecular formula is C24H38N4O7. The van der Waals surface area contributed by atoms with Gasteiger partial charge in [-0.3, -0.25) is 20.4 Å². The van der Waals surface area contributed by atoms with Gasteiger partial charge in [0.2, 0.25) is 11.9 Å². The van der Waals surface area contributed by atoms with Crippen LogP contribution in [0.2, 0.25) is 0 Å². The highest BCUT2D eigenvalue weighted by Gasteiger charge is 2.43. The minimum absolute atomic E-state index is 0.0832. The summed E-state index contributed by atoms with van der Waals surface area (Å²) < 4.78 is 10.7. The monoisotopic (exact) mass is 494 g/mol. The van der Waals surface area contributed by atoms with Crippen molar-refractivity contribution in [3.63, 3.8) is 0 Å². The number of carbonyl (C=O) groups is 4. The van der Waals surface area contributed by atoms with Gasteiger partial charge >= 0.3 is 18.2 Å². The van der Waals surface area contributed by atoms with Crippen molar-refractivity contribution in [3.05, 3.63) is 0 Å². The molecule has 3 aliphatic rings. The molecule has 2 saturated carbocycles. The number of aliphatic imine (C=N–C) groups is 1. The zero-order valence-electron chi connectivity index (χ0n) is 20.3. The maximum Gasteiger partial charge on any atom is 0.413 e. The molecule has 0 aromatic carbocycles. The van der Waals surface area contributed by atoms with Crippen LogP contribution < -0.4 is 16.0 Å². The molecule has 2 aliphatic carbocycles. The van der Waals surface area contributed by atoms with Crippen LogP contribution in [0.3, 0.4) is 0 Å². The van der Waals surface area contributed by atoms with Gasteiger partial charge in [-0.25, -0.2) is 14.4 Å². The number of aliphatic carboxylic acids is 1. The van der Waals surface area contributed by atoms with Gasteiger partial charge in [0.1, 0.15) is 6.04 Å². The number of hydrogen-bond acceptors (Lipinski definition) is 7. The third-order valence-electron chi connectivity index (χ3n) is 7.04. The Hall–Kier alpha value is -2.85. The molecule has 2 atom stereocenters. The average Bonchev–Trinajstić information content (AvgIpc) is 2.85. The van der Waals surface area contributed by atoms with E-state index in [-0.39, 0.29) is 18.4 Å². The zero-order valence-corrected chi connectivity index (χ0v) is 20.3.